The number of hydrogen-bond donors (Lipinski definition) is 1. The molecule has 4 rings (SSSR count). The van der Waals surface area contributed by atoms with Gasteiger partial charge in [0.25, 0.3) is 11.7 Å². The fraction of sp³-hybridized carbons (Fsp3) is 0.312. The largest absolute Gasteiger partial charge is 0.507 e. The Kier molecular flexibility index (Phi) is 8.29. The molecule has 0 spiro atoms. The van der Waals surface area contributed by atoms with Crippen LogP contribution in [-0.2, 0) is 9.59 Å². The highest BCUT2D eigenvalue weighted by atomic mass is 16.5. The van der Waals surface area contributed by atoms with Crippen molar-refractivity contribution in [2.45, 2.75) is 39.7 Å². The van der Waals surface area contributed by atoms with Gasteiger partial charge >= 0.3 is 0 Å². The maximum absolute atomic E-state index is 13.6. The summed E-state index contributed by atoms with van der Waals surface area (Å²) in [5.41, 5.74) is 3.72. The lowest BCUT2D eigenvalue weighted by molar-refractivity contribution is -0.132. The zero-order valence-corrected chi connectivity index (χ0v) is 23.4. The Morgan fingerprint density at radius 2 is 1.56 bits per heavy atom. The smallest absolute Gasteiger partial charge is 0.300 e. The van der Waals surface area contributed by atoms with Crippen molar-refractivity contribution >= 4 is 28.8 Å². The van der Waals surface area contributed by atoms with Crippen molar-refractivity contribution in [2.24, 2.45) is 0 Å². The number of anilines is 2. The predicted molar refractivity (Wildman–Crippen MR) is 155 cm³/mol. The normalized spacial score (nSPS) is 16.6. The highest BCUT2D eigenvalue weighted by Gasteiger charge is 2.47. The molecule has 1 aliphatic rings. The molecule has 1 amide bonds. The molecule has 1 N–H and O–H groups in total. The summed E-state index contributed by atoms with van der Waals surface area (Å²) in [6.07, 6.45) is 0. The number of ketones is 1. The summed E-state index contributed by atoms with van der Waals surface area (Å²) in [6.45, 7) is 10.1. The molecular formula is C32H36N2O5. The molecule has 0 bridgehead atoms. The Bertz CT molecular complexity index is 1370. The third kappa shape index (κ3) is 5.21. The maximum atomic E-state index is 13.6. The number of carbonyl (C=O) groups excluding carboxylic acids is 2. The van der Waals surface area contributed by atoms with Crippen molar-refractivity contribution in [1.82, 2.24) is 0 Å². The summed E-state index contributed by atoms with van der Waals surface area (Å²) in [5.74, 6) is -0.620. The first-order valence-corrected chi connectivity index (χ1v) is 13.2. The average molecular weight is 529 g/mol. The predicted octanol–water partition coefficient (Wildman–Crippen LogP) is 6.30. The fourth-order valence-electron chi connectivity index (χ4n) is 5.03. The van der Waals surface area contributed by atoms with Gasteiger partial charge in [-0.1, -0.05) is 38.1 Å². The Morgan fingerprint density at radius 1 is 0.923 bits per heavy atom. The van der Waals surface area contributed by atoms with E-state index in [1.165, 1.54) is 19.1 Å². The summed E-state index contributed by atoms with van der Waals surface area (Å²) < 4.78 is 10.8. The number of aliphatic hydroxyl groups excluding tert-OH is 1. The standard InChI is InChI=1S/C32H36N2O5/c1-7-33(8-2)23-13-11-22(12-14-23)29-28(30(35)26-19-25(38-5)17-18-27(26)39-6)31(36)32(37)34(29)24-15-9-21(10-16-24)20(3)4/h9-20,29,35H,7-8H2,1-6H3/b30-28+. The fourth-order valence-corrected chi connectivity index (χ4v) is 5.03. The molecule has 3 aromatic rings. The first-order valence-electron chi connectivity index (χ1n) is 13.2. The molecule has 204 valence electrons. The van der Waals surface area contributed by atoms with Crippen molar-refractivity contribution in [3.05, 3.63) is 89.0 Å². The van der Waals surface area contributed by atoms with Gasteiger partial charge in [-0.3, -0.25) is 14.5 Å². The number of rotatable bonds is 9. The second kappa shape index (κ2) is 11.6. The van der Waals surface area contributed by atoms with Crippen LogP contribution < -0.4 is 19.3 Å². The lowest BCUT2D eigenvalue weighted by Crippen LogP contribution is -2.29. The zero-order chi connectivity index (χ0) is 28.3. The number of benzene rings is 3. The maximum Gasteiger partial charge on any atom is 0.300 e. The summed E-state index contributed by atoms with van der Waals surface area (Å²) in [7, 11) is 3.00. The van der Waals surface area contributed by atoms with Crippen LogP contribution in [-0.4, -0.2) is 44.1 Å². The highest BCUT2D eigenvalue weighted by molar-refractivity contribution is 6.51. The molecule has 0 aliphatic carbocycles. The van der Waals surface area contributed by atoms with Gasteiger partial charge in [-0.2, -0.15) is 0 Å². The summed E-state index contributed by atoms with van der Waals surface area (Å²) >= 11 is 0. The van der Waals surface area contributed by atoms with Crippen molar-refractivity contribution in [1.29, 1.82) is 0 Å². The molecular weight excluding hydrogens is 492 g/mol. The lowest BCUT2D eigenvalue weighted by atomic mass is 9.94. The molecule has 0 aromatic heterocycles. The molecule has 1 unspecified atom stereocenters. The van der Waals surface area contributed by atoms with Crippen LogP contribution in [0.3, 0.4) is 0 Å². The molecule has 0 radical (unpaired) electrons. The molecule has 1 heterocycles. The van der Waals surface area contributed by atoms with Crippen LogP contribution >= 0.6 is 0 Å². The van der Waals surface area contributed by atoms with E-state index >= 15 is 0 Å². The van der Waals surface area contributed by atoms with Gasteiger partial charge in [-0.15, -0.1) is 0 Å². The monoisotopic (exact) mass is 528 g/mol. The van der Waals surface area contributed by atoms with Crippen molar-refractivity contribution in [3.8, 4) is 11.5 Å². The van der Waals surface area contributed by atoms with Crippen LogP contribution in [0.25, 0.3) is 5.76 Å². The van der Waals surface area contributed by atoms with Gasteiger partial charge in [0.1, 0.15) is 17.3 Å². The number of aliphatic hydroxyl groups is 1. The van der Waals surface area contributed by atoms with E-state index in [0.29, 0.717) is 28.7 Å². The number of hydrogen-bond acceptors (Lipinski definition) is 6. The van der Waals surface area contributed by atoms with Gasteiger partial charge in [0.15, 0.2) is 0 Å². The molecule has 3 aromatic carbocycles. The van der Waals surface area contributed by atoms with Crippen LogP contribution in [0.4, 0.5) is 11.4 Å². The molecule has 39 heavy (non-hydrogen) atoms. The molecule has 1 atom stereocenters. The average Bonchev–Trinajstić information content (AvgIpc) is 3.23. The Hall–Kier alpha value is -4.26. The van der Waals surface area contributed by atoms with Gasteiger partial charge in [-0.25, -0.2) is 0 Å². The first kappa shape index (κ1) is 27.8. The second-order valence-electron chi connectivity index (χ2n) is 9.75. The third-order valence-electron chi connectivity index (χ3n) is 7.28. The lowest BCUT2D eigenvalue weighted by Gasteiger charge is -2.27. The number of Topliss-reactive ketones (excluding diaryl/α,β-unsaturated/α-hetero) is 1. The summed E-state index contributed by atoms with van der Waals surface area (Å²) in [6, 6.07) is 19.5. The number of ether oxygens (including phenoxy) is 2. The molecule has 0 saturated carbocycles. The number of nitrogens with zero attached hydrogens (tertiary/aromatic N) is 2. The topological polar surface area (TPSA) is 79.3 Å². The first-order chi connectivity index (χ1) is 18.7. The van der Waals surface area contributed by atoms with E-state index in [4.69, 9.17) is 9.47 Å². The summed E-state index contributed by atoms with van der Waals surface area (Å²) in [4.78, 5) is 30.8. The van der Waals surface area contributed by atoms with Crippen LogP contribution in [0.2, 0.25) is 0 Å². The summed E-state index contributed by atoms with van der Waals surface area (Å²) in [5, 5.41) is 11.6. The van der Waals surface area contributed by atoms with Crippen molar-refractivity contribution in [3.63, 3.8) is 0 Å². The van der Waals surface area contributed by atoms with Crippen LogP contribution in [0.5, 0.6) is 11.5 Å². The third-order valence-corrected chi connectivity index (χ3v) is 7.28. The van der Waals surface area contributed by atoms with E-state index in [2.05, 4.69) is 32.6 Å². The van der Waals surface area contributed by atoms with Crippen LogP contribution in [0, 0.1) is 0 Å². The second-order valence-corrected chi connectivity index (χ2v) is 9.75. The van der Waals surface area contributed by atoms with E-state index in [1.807, 2.05) is 48.5 Å². The molecule has 1 aliphatic heterocycles. The molecule has 7 heteroatoms. The van der Waals surface area contributed by atoms with Crippen LogP contribution in [0.1, 0.15) is 56.3 Å². The molecule has 1 saturated heterocycles. The van der Waals surface area contributed by atoms with Gasteiger partial charge in [0.05, 0.1) is 31.4 Å². The molecule has 7 nitrogen and oxygen atoms in total. The van der Waals surface area contributed by atoms with Gasteiger partial charge in [0.2, 0.25) is 0 Å². The van der Waals surface area contributed by atoms with Gasteiger partial charge in [0, 0.05) is 24.5 Å². The van der Waals surface area contributed by atoms with Crippen LogP contribution in [0.15, 0.2) is 72.3 Å². The Morgan fingerprint density at radius 3 is 2.10 bits per heavy atom. The minimum Gasteiger partial charge on any atom is -0.507 e. The van der Waals surface area contributed by atoms with Crippen molar-refractivity contribution < 1.29 is 24.2 Å². The minimum absolute atomic E-state index is 0.00456. The quantitative estimate of drug-likeness (QED) is 0.200. The van der Waals surface area contributed by atoms with Crippen molar-refractivity contribution in [2.75, 3.05) is 37.1 Å². The highest BCUT2D eigenvalue weighted by Crippen LogP contribution is 2.44. The van der Waals surface area contributed by atoms with E-state index in [0.717, 1.165) is 24.3 Å². The Labute approximate surface area is 230 Å². The van der Waals surface area contributed by atoms with Gasteiger partial charge in [-0.05, 0) is 73.4 Å². The zero-order valence-electron chi connectivity index (χ0n) is 23.4. The van der Waals surface area contributed by atoms with E-state index in [-0.39, 0.29) is 16.9 Å². The number of carbonyl (C=O) groups is 2. The Balaban J connectivity index is 1.93. The molecule has 1 fully saturated rings. The SMILES string of the molecule is CCN(CC)c1ccc(C2/C(=C(\O)c3cc(OC)ccc3OC)C(=O)C(=O)N2c2ccc(C(C)C)cc2)cc1. The van der Waals surface area contributed by atoms with Gasteiger partial charge < -0.3 is 19.5 Å². The number of amides is 1. The van der Waals surface area contributed by atoms with E-state index in [1.54, 1.807) is 18.2 Å². The van der Waals surface area contributed by atoms with E-state index < -0.39 is 17.7 Å². The minimum atomic E-state index is -0.837. The number of methoxy groups -OCH3 is 2. The van der Waals surface area contributed by atoms with E-state index in [9.17, 15) is 14.7 Å².